The number of rotatable bonds is 6. The zero-order chi connectivity index (χ0) is 17.6. The number of nitrogens with zero attached hydrogens (tertiary/aromatic N) is 2. The van der Waals surface area contributed by atoms with Crippen LogP contribution >= 0.6 is 11.3 Å². The normalized spacial score (nSPS) is 10.5. The van der Waals surface area contributed by atoms with Crippen LogP contribution in [0.5, 0.6) is 5.75 Å². The molecule has 1 aromatic carbocycles. The van der Waals surface area contributed by atoms with E-state index in [0.717, 1.165) is 27.5 Å². The van der Waals surface area contributed by atoms with Crippen LogP contribution in [0.4, 0.5) is 5.69 Å². The first kappa shape index (κ1) is 17.1. The average Bonchev–Trinajstić information content (AvgIpc) is 3.04. The van der Waals surface area contributed by atoms with Gasteiger partial charge in [0.2, 0.25) is 5.91 Å². The maximum absolute atomic E-state index is 12.2. The summed E-state index contributed by atoms with van der Waals surface area (Å²) in [5, 5.41) is 5.68. The van der Waals surface area contributed by atoms with E-state index in [1.165, 1.54) is 11.3 Å². The predicted octanol–water partition coefficient (Wildman–Crippen LogP) is 3.92. The predicted molar refractivity (Wildman–Crippen MR) is 98.9 cm³/mol. The smallest absolute Gasteiger partial charge is 0.230 e. The van der Waals surface area contributed by atoms with Gasteiger partial charge in [-0.3, -0.25) is 9.78 Å². The van der Waals surface area contributed by atoms with Crippen LogP contribution in [0.25, 0.3) is 0 Å². The van der Waals surface area contributed by atoms with Crippen LogP contribution in [0.2, 0.25) is 0 Å². The lowest BCUT2D eigenvalue weighted by atomic mass is 10.1. The summed E-state index contributed by atoms with van der Waals surface area (Å²) in [6.07, 6.45) is 3.60. The fourth-order valence-electron chi connectivity index (χ4n) is 2.30. The van der Waals surface area contributed by atoms with Gasteiger partial charge < -0.3 is 10.1 Å². The molecule has 0 atom stereocenters. The first-order valence-electron chi connectivity index (χ1n) is 7.93. The summed E-state index contributed by atoms with van der Waals surface area (Å²) >= 11 is 1.49. The number of amides is 1. The molecule has 0 fully saturated rings. The molecule has 0 radical (unpaired) electrons. The zero-order valence-corrected chi connectivity index (χ0v) is 15.0. The van der Waals surface area contributed by atoms with E-state index in [4.69, 9.17) is 4.74 Å². The van der Waals surface area contributed by atoms with Crippen molar-refractivity contribution in [3.8, 4) is 5.75 Å². The molecule has 0 aliphatic heterocycles. The minimum Gasteiger partial charge on any atom is -0.485 e. The highest BCUT2D eigenvalue weighted by atomic mass is 32.1. The number of aryl methyl sites for hydroxylation is 2. The van der Waals surface area contributed by atoms with Crippen LogP contribution in [0.15, 0.2) is 48.1 Å². The molecule has 0 aliphatic carbocycles. The molecule has 0 bridgehead atoms. The summed E-state index contributed by atoms with van der Waals surface area (Å²) in [6, 6.07) is 9.67. The third-order valence-electron chi connectivity index (χ3n) is 3.60. The summed E-state index contributed by atoms with van der Waals surface area (Å²) < 4.78 is 5.62. The maximum Gasteiger partial charge on any atom is 0.230 e. The minimum absolute atomic E-state index is 0.0706. The second kappa shape index (κ2) is 7.90. The van der Waals surface area contributed by atoms with E-state index in [1.807, 2.05) is 49.6 Å². The molecule has 3 rings (SSSR count). The molecule has 0 saturated carbocycles. The minimum atomic E-state index is -0.0706. The van der Waals surface area contributed by atoms with E-state index in [9.17, 15) is 4.79 Å². The quantitative estimate of drug-likeness (QED) is 0.730. The summed E-state index contributed by atoms with van der Waals surface area (Å²) in [5.74, 6) is 0.630. The number of benzene rings is 1. The second-order valence-electron chi connectivity index (χ2n) is 5.75. The molecule has 1 amide bonds. The van der Waals surface area contributed by atoms with E-state index < -0.39 is 0 Å². The Morgan fingerprint density at radius 3 is 2.96 bits per heavy atom. The van der Waals surface area contributed by atoms with Gasteiger partial charge in [-0.2, -0.15) is 0 Å². The number of ether oxygens (including phenoxy) is 1. The molecule has 128 valence electrons. The summed E-state index contributed by atoms with van der Waals surface area (Å²) in [5.41, 5.74) is 3.75. The highest BCUT2D eigenvalue weighted by Gasteiger charge is 2.10. The third kappa shape index (κ3) is 4.87. The summed E-state index contributed by atoms with van der Waals surface area (Å²) in [7, 11) is 0. The molecule has 6 heteroatoms. The maximum atomic E-state index is 12.2. The number of nitrogens with one attached hydrogen (secondary N) is 1. The van der Waals surface area contributed by atoms with Crippen LogP contribution in [0, 0.1) is 13.8 Å². The van der Waals surface area contributed by atoms with E-state index in [1.54, 1.807) is 12.4 Å². The topological polar surface area (TPSA) is 64.1 Å². The number of aromatic nitrogens is 2. The van der Waals surface area contributed by atoms with Crippen LogP contribution < -0.4 is 10.1 Å². The van der Waals surface area contributed by atoms with Crippen molar-refractivity contribution in [2.75, 3.05) is 5.32 Å². The van der Waals surface area contributed by atoms with Crippen molar-refractivity contribution < 1.29 is 9.53 Å². The van der Waals surface area contributed by atoms with Crippen molar-refractivity contribution in [3.63, 3.8) is 0 Å². The second-order valence-corrected chi connectivity index (χ2v) is 6.70. The Balaban J connectivity index is 1.55. The Morgan fingerprint density at radius 2 is 2.16 bits per heavy atom. The van der Waals surface area contributed by atoms with Crippen LogP contribution in [0.3, 0.4) is 0 Å². The van der Waals surface area contributed by atoms with Gasteiger partial charge in [-0.1, -0.05) is 12.1 Å². The molecule has 0 spiro atoms. The number of hydrogen-bond donors (Lipinski definition) is 1. The van der Waals surface area contributed by atoms with Gasteiger partial charge in [-0.25, -0.2) is 4.98 Å². The molecule has 3 aromatic rings. The Hall–Kier alpha value is -2.73. The van der Waals surface area contributed by atoms with Gasteiger partial charge in [-0.15, -0.1) is 11.3 Å². The van der Waals surface area contributed by atoms with Crippen LogP contribution in [0.1, 0.15) is 21.8 Å². The standard InChI is InChI=1S/C19H19N3O2S/c1-13-5-6-14(2)17(8-13)22-18(23)9-15-12-25-19(21-15)11-24-16-4-3-7-20-10-16/h3-8,10,12H,9,11H2,1-2H3,(H,22,23). The van der Waals surface area contributed by atoms with Crippen molar-refractivity contribution in [3.05, 3.63) is 69.9 Å². The van der Waals surface area contributed by atoms with Crippen molar-refractivity contribution >= 4 is 22.9 Å². The van der Waals surface area contributed by atoms with E-state index in [-0.39, 0.29) is 12.3 Å². The zero-order valence-electron chi connectivity index (χ0n) is 14.2. The molecule has 2 aromatic heterocycles. The number of pyridine rings is 1. The fourth-order valence-corrected chi connectivity index (χ4v) is 3.01. The third-order valence-corrected chi connectivity index (χ3v) is 4.48. The number of anilines is 1. The van der Waals surface area contributed by atoms with Gasteiger partial charge in [-0.05, 0) is 43.2 Å². The summed E-state index contributed by atoms with van der Waals surface area (Å²) in [6.45, 7) is 4.35. The van der Waals surface area contributed by atoms with Crippen LogP contribution in [-0.4, -0.2) is 15.9 Å². The number of carbonyl (C=O) groups excluding carboxylic acids is 1. The molecule has 2 heterocycles. The lowest BCUT2D eigenvalue weighted by molar-refractivity contribution is -0.115. The van der Waals surface area contributed by atoms with Crippen molar-refractivity contribution in [1.29, 1.82) is 0 Å². The van der Waals surface area contributed by atoms with Gasteiger partial charge in [0, 0.05) is 17.3 Å². The molecular weight excluding hydrogens is 334 g/mol. The highest BCUT2D eigenvalue weighted by Crippen LogP contribution is 2.18. The monoisotopic (exact) mass is 353 g/mol. The Kier molecular flexibility index (Phi) is 5.40. The van der Waals surface area contributed by atoms with Crippen molar-refractivity contribution in [1.82, 2.24) is 9.97 Å². The number of carbonyl (C=O) groups is 1. The lowest BCUT2D eigenvalue weighted by Gasteiger charge is -2.08. The van der Waals surface area contributed by atoms with Gasteiger partial charge >= 0.3 is 0 Å². The molecular formula is C19H19N3O2S. The van der Waals surface area contributed by atoms with Gasteiger partial charge in [0.05, 0.1) is 18.3 Å². The number of thiazole rings is 1. The average molecular weight is 353 g/mol. The van der Waals surface area contributed by atoms with E-state index >= 15 is 0 Å². The Labute approximate surface area is 150 Å². The molecule has 25 heavy (non-hydrogen) atoms. The highest BCUT2D eigenvalue weighted by molar-refractivity contribution is 7.09. The molecule has 0 unspecified atom stereocenters. The Bertz CT molecular complexity index is 862. The lowest BCUT2D eigenvalue weighted by Crippen LogP contribution is -2.15. The van der Waals surface area contributed by atoms with Gasteiger partial charge in [0.15, 0.2) is 0 Å². The SMILES string of the molecule is Cc1ccc(C)c(NC(=O)Cc2csc(COc3cccnc3)n2)c1. The van der Waals surface area contributed by atoms with Crippen molar-refractivity contribution in [2.45, 2.75) is 26.9 Å². The van der Waals surface area contributed by atoms with Crippen molar-refractivity contribution in [2.24, 2.45) is 0 Å². The first-order valence-corrected chi connectivity index (χ1v) is 8.81. The first-order chi connectivity index (χ1) is 12.1. The number of hydrogen-bond acceptors (Lipinski definition) is 5. The summed E-state index contributed by atoms with van der Waals surface area (Å²) in [4.78, 5) is 20.7. The largest absolute Gasteiger partial charge is 0.485 e. The van der Waals surface area contributed by atoms with Gasteiger partial charge in [0.25, 0.3) is 0 Å². The fraction of sp³-hybridized carbons (Fsp3) is 0.211. The van der Waals surface area contributed by atoms with Crippen LogP contribution in [-0.2, 0) is 17.8 Å². The van der Waals surface area contributed by atoms with Gasteiger partial charge in [0.1, 0.15) is 17.4 Å². The molecule has 5 nitrogen and oxygen atoms in total. The molecule has 0 saturated heterocycles. The van der Waals surface area contributed by atoms with E-state index in [0.29, 0.717) is 12.4 Å². The Morgan fingerprint density at radius 1 is 1.28 bits per heavy atom. The van der Waals surface area contributed by atoms with E-state index in [2.05, 4.69) is 15.3 Å². The molecule has 1 N–H and O–H groups in total. The molecule has 0 aliphatic rings.